The van der Waals surface area contributed by atoms with Crippen LogP contribution in [-0.4, -0.2) is 39.9 Å². The monoisotopic (exact) mass is 259 g/mol. The molecular formula is C10H13NO5S. The molecule has 94 valence electrons. The molecule has 1 rings (SSSR count). The largest absolute Gasteiger partial charge is 0.478 e. The predicted molar refractivity (Wildman–Crippen MR) is 61.9 cm³/mol. The van der Waals surface area contributed by atoms with Crippen molar-refractivity contribution in [2.45, 2.75) is 4.90 Å². The van der Waals surface area contributed by atoms with Gasteiger partial charge in [0.2, 0.25) is 0 Å². The van der Waals surface area contributed by atoms with Crippen LogP contribution in [0.15, 0.2) is 23.1 Å². The summed E-state index contributed by atoms with van der Waals surface area (Å²) in [5.74, 6) is -1.15. The summed E-state index contributed by atoms with van der Waals surface area (Å²) in [7, 11) is -0.531. The van der Waals surface area contributed by atoms with Gasteiger partial charge in [0.1, 0.15) is 0 Å². The van der Waals surface area contributed by atoms with Crippen LogP contribution >= 0.6 is 0 Å². The first-order chi connectivity index (χ1) is 7.77. The number of anilines is 1. The predicted octanol–water partition coefficient (Wildman–Crippen LogP) is 0.786. The van der Waals surface area contributed by atoms with Crippen molar-refractivity contribution in [3.63, 3.8) is 0 Å². The van der Waals surface area contributed by atoms with Gasteiger partial charge in [-0.25, -0.2) is 13.2 Å². The van der Waals surface area contributed by atoms with E-state index in [-0.39, 0.29) is 16.1 Å². The summed E-state index contributed by atoms with van der Waals surface area (Å²) in [6, 6.07) is 3.76. The van der Waals surface area contributed by atoms with Gasteiger partial charge in [0.15, 0.2) is 9.84 Å². The Labute approximate surface area is 99.3 Å². The second-order valence-corrected chi connectivity index (χ2v) is 5.45. The summed E-state index contributed by atoms with van der Waals surface area (Å²) in [6.07, 6.45) is 1.05. The maximum Gasteiger partial charge on any atom is 0.337 e. The molecule has 7 heteroatoms. The Balaban J connectivity index is 3.45. The summed E-state index contributed by atoms with van der Waals surface area (Å²) in [4.78, 5) is 15.9. The highest BCUT2D eigenvalue weighted by atomic mass is 32.2. The van der Waals surface area contributed by atoms with Crippen LogP contribution in [0.5, 0.6) is 0 Å². The number of hydroxylamine groups is 1. The topological polar surface area (TPSA) is 83.9 Å². The molecule has 1 aromatic rings. The van der Waals surface area contributed by atoms with E-state index >= 15 is 0 Å². The SMILES string of the molecule is CON(C)c1cc(S(C)(=O)=O)ccc1C(=O)O. The van der Waals surface area contributed by atoms with E-state index in [1.807, 2.05) is 0 Å². The fourth-order valence-electron chi connectivity index (χ4n) is 1.28. The van der Waals surface area contributed by atoms with Gasteiger partial charge in [0, 0.05) is 13.3 Å². The van der Waals surface area contributed by atoms with Gasteiger partial charge in [-0.3, -0.25) is 9.90 Å². The maximum absolute atomic E-state index is 11.4. The lowest BCUT2D eigenvalue weighted by molar-refractivity contribution is 0.0694. The Bertz CT molecular complexity index is 538. The summed E-state index contributed by atoms with van der Waals surface area (Å²) in [5.41, 5.74) is 0.157. The van der Waals surface area contributed by atoms with Gasteiger partial charge in [0.25, 0.3) is 0 Å². The highest BCUT2D eigenvalue weighted by Gasteiger charge is 2.17. The average molecular weight is 259 g/mol. The highest BCUT2D eigenvalue weighted by molar-refractivity contribution is 7.90. The third-order valence-corrected chi connectivity index (χ3v) is 3.35. The van der Waals surface area contributed by atoms with Crippen LogP contribution in [0.3, 0.4) is 0 Å². The van der Waals surface area contributed by atoms with Crippen LogP contribution in [0, 0.1) is 0 Å². The number of rotatable bonds is 4. The lowest BCUT2D eigenvalue weighted by Crippen LogP contribution is -2.18. The molecule has 0 fully saturated rings. The number of carboxylic acid groups (broad SMARTS) is 1. The van der Waals surface area contributed by atoms with Crippen LogP contribution in [-0.2, 0) is 14.7 Å². The van der Waals surface area contributed by atoms with Crippen LogP contribution in [0.1, 0.15) is 10.4 Å². The first kappa shape index (κ1) is 13.5. The lowest BCUT2D eigenvalue weighted by atomic mass is 10.2. The minimum Gasteiger partial charge on any atom is -0.478 e. The van der Waals surface area contributed by atoms with Crippen molar-refractivity contribution in [2.75, 3.05) is 25.5 Å². The normalized spacial score (nSPS) is 11.2. The smallest absolute Gasteiger partial charge is 0.337 e. The molecule has 0 radical (unpaired) electrons. The van der Waals surface area contributed by atoms with Crippen molar-refractivity contribution in [2.24, 2.45) is 0 Å². The molecule has 0 saturated heterocycles. The molecule has 0 aromatic heterocycles. The second-order valence-electron chi connectivity index (χ2n) is 3.44. The van der Waals surface area contributed by atoms with Gasteiger partial charge >= 0.3 is 5.97 Å². The van der Waals surface area contributed by atoms with E-state index in [1.165, 1.54) is 37.4 Å². The number of carbonyl (C=O) groups is 1. The summed E-state index contributed by atoms with van der Waals surface area (Å²) in [5, 5.41) is 10.2. The number of aromatic carboxylic acids is 1. The van der Waals surface area contributed by atoms with Gasteiger partial charge in [0.05, 0.1) is 23.3 Å². The van der Waals surface area contributed by atoms with Gasteiger partial charge < -0.3 is 5.11 Å². The molecule has 0 aliphatic rings. The molecule has 0 unspecified atom stereocenters. The van der Waals surface area contributed by atoms with Crippen LogP contribution in [0.25, 0.3) is 0 Å². The quantitative estimate of drug-likeness (QED) is 0.805. The van der Waals surface area contributed by atoms with E-state index in [0.717, 1.165) is 6.26 Å². The Morgan fingerprint density at radius 2 is 2.00 bits per heavy atom. The van der Waals surface area contributed by atoms with Gasteiger partial charge in [-0.05, 0) is 18.2 Å². The van der Waals surface area contributed by atoms with Gasteiger partial charge in [-0.2, -0.15) is 0 Å². The van der Waals surface area contributed by atoms with E-state index in [9.17, 15) is 13.2 Å². The molecule has 0 spiro atoms. The Kier molecular flexibility index (Phi) is 3.74. The molecule has 1 N–H and O–H groups in total. The number of sulfone groups is 1. The number of hydrogen-bond acceptors (Lipinski definition) is 5. The standard InChI is InChI=1S/C10H13NO5S/c1-11(16-2)9-6-7(17(3,14)15)4-5-8(9)10(12)13/h4-6H,1-3H3,(H,12,13). The van der Waals surface area contributed by atoms with E-state index in [4.69, 9.17) is 9.94 Å². The zero-order chi connectivity index (χ0) is 13.2. The van der Waals surface area contributed by atoms with Crippen molar-refractivity contribution in [3.05, 3.63) is 23.8 Å². The van der Waals surface area contributed by atoms with Crippen molar-refractivity contribution in [1.82, 2.24) is 0 Å². The molecule has 0 bridgehead atoms. The van der Waals surface area contributed by atoms with E-state index in [1.54, 1.807) is 0 Å². The molecule has 0 aliphatic carbocycles. The molecule has 0 atom stereocenters. The van der Waals surface area contributed by atoms with E-state index in [2.05, 4.69) is 0 Å². The van der Waals surface area contributed by atoms with Crippen LogP contribution in [0.4, 0.5) is 5.69 Å². The zero-order valence-electron chi connectivity index (χ0n) is 9.67. The molecule has 0 aliphatic heterocycles. The van der Waals surface area contributed by atoms with Gasteiger partial charge in [-0.1, -0.05) is 0 Å². The highest BCUT2D eigenvalue weighted by Crippen LogP contribution is 2.24. The van der Waals surface area contributed by atoms with Gasteiger partial charge in [-0.15, -0.1) is 0 Å². The summed E-state index contributed by atoms with van der Waals surface area (Å²) in [6.45, 7) is 0. The zero-order valence-corrected chi connectivity index (χ0v) is 10.5. The van der Waals surface area contributed by atoms with Crippen molar-refractivity contribution in [3.8, 4) is 0 Å². The fourth-order valence-corrected chi connectivity index (χ4v) is 1.92. The second kappa shape index (κ2) is 4.72. The number of carboxylic acids is 1. The number of nitrogens with zero attached hydrogens (tertiary/aromatic N) is 1. The fraction of sp³-hybridized carbons (Fsp3) is 0.300. The Morgan fingerprint density at radius 1 is 1.41 bits per heavy atom. The maximum atomic E-state index is 11.4. The van der Waals surface area contributed by atoms with Crippen molar-refractivity contribution >= 4 is 21.5 Å². The van der Waals surface area contributed by atoms with Crippen LogP contribution < -0.4 is 5.06 Å². The first-order valence-electron chi connectivity index (χ1n) is 4.62. The molecule has 0 amide bonds. The third kappa shape index (κ3) is 2.95. The Morgan fingerprint density at radius 3 is 2.41 bits per heavy atom. The molecular weight excluding hydrogens is 246 g/mol. The average Bonchev–Trinajstić information content (AvgIpc) is 2.25. The van der Waals surface area contributed by atoms with E-state index < -0.39 is 15.8 Å². The van der Waals surface area contributed by atoms with Crippen molar-refractivity contribution < 1.29 is 23.2 Å². The molecule has 0 heterocycles. The Hall–Kier alpha value is -1.60. The minimum absolute atomic E-state index is 0.0262. The van der Waals surface area contributed by atoms with Crippen molar-refractivity contribution in [1.29, 1.82) is 0 Å². The minimum atomic E-state index is -3.38. The summed E-state index contributed by atoms with van der Waals surface area (Å²) >= 11 is 0. The third-order valence-electron chi connectivity index (χ3n) is 2.24. The van der Waals surface area contributed by atoms with Crippen LogP contribution in [0.2, 0.25) is 0 Å². The number of hydrogen-bond donors (Lipinski definition) is 1. The number of benzene rings is 1. The molecule has 1 aromatic carbocycles. The molecule has 6 nitrogen and oxygen atoms in total. The first-order valence-corrected chi connectivity index (χ1v) is 6.51. The lowest BCUT2D eigenvalue weighted by Gasteiger charge is -2.18. The summed E-state index contributed by atoms with van der Waals surface area (Å²) < 4.78 is 22.7. The molecule has 17 heavy (non-hydrogen) atoms. The molecule has 0 saturated carbocycles. The van der Waals surface area contributed by atoms with E-state index in [0.29, 0.717) is 0 Å².